The molecule has 2 heterocycles. The molecule has 8 heteroatoms. The number of hydrogen-bond acceptors (Lipinski definition) is 5. The molecule has 2 aromatic rings. The molecule has 0 radical (unpaired) electrons. The molecule has 8 nitrogen and oxygen atoms in total. The molecule has 0 aliphatic carbocycles. The van der Waals surface area contributed by atoms with Crippen LogP contribution < -0.4 is 15.4 Å². The zero-order valence-corrected chi connectivity index (χ0v) is 17.5. The molecule has 1 fully saturated rings. The van der Waals surface area contributed by atoms with Crippen molar-refractivity contribution >= 4 is 17.6 Å². The van der Waals surface area contributed by atoms with Crippen LogP contribution in [0.3, 0.4) is 0 Å². The lowest BCUT2D eigenvalue weighted by Gasteiger charge is -2.34. The van der Waals surface area contributed by atoms with E-state index in [9.17, 15) is 9.59 Å². The molecule has 30 heavy (non-hydrogen) atoms. The third-order valence-electron chi connectivity index (χ3n) is 5.33. The second-order valence-electron chi connectivity index (χ2n) is 7.38. The number of ether oxygens (including phenoxy) is 1. The lowest BCUT2D eigenvalue weighted by Crippen LogP contribution is -2.48. The maximum absolute atomic E-state index is 12.5. The number of piperidine rings is 1. The lowest BCUT2D eigenvalue weighted by molar-refractivity contribution is -0.136. The Morgan fingerprint density at radius 1 is 1.20 bits per heavy atom. The van der Waals surface area contributed by atoms with Crippen LogP contribution in [0.25, 0.3) is 0 Å². The van der Waals surface area contributed by atoms with Gasteiger partial charge in [-0.1, -0.05) is 19.9 Å². The van der Waals surface area contributed by atoms with Crippen molar-refractivity contribution in [1.29, 1.82) is 0 Å². The Labute approximate surface area is 177 Å². The summed E-state index contributed by atoms with van der Waals surface area (Å²) in [6, 6.07) is 6.88. The fourth-order valence-corrected chi connectivity index (χ4v) is 3.59. The minimum Gasteiger partial charge on any atom is -0.437 e. The maximum Gasteiger partial charge on any atom is 0.319 e. The van der Waals surface area contributed by atoms with Gasteiger partial charge >= 0.3 is 6.03 Å². The van der Waals surface area contributed by atoms with Gasteiger partial charge in [-0.2, -0.15) is 0 Å². The zero-order chi connectivity index (χ0) is 21.3. The fraction of sp³-hybridized carbons (Fsp3) is 0.455. The number of anilines is 1. The third-order valence-corrected chi connectivity index (χ3v) is 5.33. The molecule has 0 atom stereocenters. The number of nitrogens with one attached hydrogen (secondary N) is 2. The zero-order valence-electron chi connectivity index (χ0n) is 17.5. The topological polar surface area (TPSA) is 96.5 Å². The summed E-state index contributed by atoms with van der Waals surface area (Å²) in [7, 11) is 0. The monoisotopic (exact) mass is 411 g/mol. The molecule has 160 valence electrons. The molecule has 1 aromatic heterocycles. The number of urea groups is 1. The minimum atomic E-state index is -0.267. The number of aromatic nitrogens is 2. The van der Waals surface area contributed by atoms with Gasteiger partial charge in [-0.3, -0.25) is 9.78 Å². The summed E-state index contributed by atoms with van der Waals surface area (Å²) in [6.45, 7) is 5.47. The van der Waals surface area contributed by atoms with E-state index in [4.69, 9.17) is 4.74 Å². The first-order valence-corrected chi connectivity index (χ1v) is 10.5. The molecule has 2 N–H and O–H groups in total. The van der Waals surface area contributed by atoms with Crippen molar-refractivity contribution in [3.05, 3.63) is 42.9 Å². The number of hydrogen-bond donors (Lipinski definition) is 2. The van der Waals surface area contributed by atoms with Crippen molar-refractivity contribution in [2.75, 3.05) is 18.4 Å². The summed E-state index contributed by atoms with van der Waals surface area (Å²) in [5, 5.41) is 5.84. The van der Waals surface area contributed by atoms with Crippen LogP contribution in [0.5, 0.6) is 11.6 Å². The van der Waals surface area contributed by atoms with E-state index in [1.807, 2.05) is 4.90 Å². The van der Waals surface area contributed by atoms with E-state index in [0.717, 1.165) is 25.7 Å². The molecular weight excluding hydrogens is 382 g/mol. The summed E-state index contributed by atoms with van der Waals surface area (Å²) >= 11 is 0. The van der Waals surface area contributed by atoms with E-state index < -0.39 is 0 Å². The Morgan fingerprint density at radius 3 is 2.63 bits per heavy atom. The first-order valence-electron chi connectivity index (χ1n) is 10.5. The normalized spacial score (nSPS) is 14.4. The highest BCUT2D eigenvalue weighted by atomic mass is 16.5. The number of amides is 3. The molecular formula is C22H29N5O3. The van der Waals surface area contributed by atoms with Crippen LogP contribution in [-0.2, 0) is 4.79 Å². The van der Waals surface area contributed by atoms with Crippen molar-refractivity contribution in [2.45, 2.75) is 45.6 Å². The Hall–Kier alpha value is -3.16. The van der Waals surface area contributed by atoms with Crippen molar-refractivity contribution in [1.82, 2.24) is 20.2 Å². The Kier molecular flexibility index (Phi) is 7.59. The third kappa shape index (κ3) is 5.92. The molecule has 0 unspecified atom stereocenters. The molecule has 1 aromatic carbocycles. The van der Waals surface area contributed by atoms with Crippen LogP contribution in [0.15, 0.2) is 42.9 Å². The summed E-state index contributed by atoms with van der Waals surface area (Å²) in [5.74, 6) is 1.28. The predicted molar refractivity (Wildman–Crippen MR) is 114 cm³/mol. The standard InChI is InChI=1S/C22H29N5O3/c1-3-16(4-2)21(28)27-12-8-17(9-13-27)25-22(29)26-18-6-5-7-19(14-18)30-20-15-23-10-11-24-20/h5-7,10-11,14-17H,3-4,8-9,12-13H2,1-2H3,(H2,25,26,29). The minimum absolute atomic E-state index is 0.0507. The Bertz CT molecular complexity index is 834. The van der Waals surface area contributed by atoms with Crippen LogP contribution in [0.4, 0.5) is 10.5 Å². The van der Waals surface area contributed by atoms with E-state index in [1.54, 1.807) is 36.7 Å². The van der Waals surface area contributed by atoms with Crippen molar-refractivity contribution in [3.63, 3.8) is 0 Å². The molecule has 1 aliphatic rings. The van der Waals surface area contributed by atoms with Gasteiger partial charge in [-0.25, -0.2) is 9.78 Å². The van der Waals surface area contributed by atoms with E-state index in [-0.39, 0.29) is 23.9 Å². The number of nitrogens with zero attached hydrogens (tertiary/aromatic N) is 3. The van der Waals surface area contributed by atoms with Gasteiger partial charge in [0.2, 0.25) is 11.8 Å². The summed E-state index contributed by atoms with van der Waals surface area (Å²) < 4.78 is 5.64. The van der Waals surface area contributed by atoms with Gasteiger partial charge in [-0.05, 0) is 37.8 Å². The number of carbonyl (C=O) groups excluding carboxylic acids is 2. The Morgan fingerprint density at radius 2 is 1.97 bits per heavy atom. The summed E-state index contributed by atoms with van der Waals surface area (Å²) in [6.07, 6.45) is 7.90. The van der Waals surface area contributed by atoms with Gasteiger partial charge in [0.1, 0.15) is 5.75 Å². The molecule has 1 saturated heterocycles. The molecule has 0 bridgehead atoms. The molecule has 3 rings (SSSR count). The average molecular weight is 412 g/mol. The fourth-order valence-electron chi connectivity index (χ4n) is 3.59. The number of rotatable bonds is 7. The maximum atomic E-state index is 12.5. The van der Waals surface area contributed by atoms with Gasteiger partial charge in [0.25, 0.3) is 0 Å². The smallest absolute Gasteiger partial charge is 0.319 e. The van der Waals surface area contributed by atoms with Gasteiger partial charge in [-0.15, -0.1) is 0 Å². The van der Waals surface area contributed by atoms with E-state index >= 15 is 0 Å². The largest absolute Gasteiger partial charge is 0.437 e. The first kappa shape index (κ1) is 21.5. The number of benzene rings is 1. The molecule has 0 spiro atoms. The van der Waals surface area contributed by atoms with Crippen LogP contribution in [-0.4, -0.2) is 45.9 Å². The van der Waals surface area contributed by atoms with Gasteiger partial charge < -0.3 is 20.3 Å². The second-order valence-corrected chi connectivity index (χ2v) is 7.38. The van der Waals surface area contributed by atoms with Crippen LogP contribution in [0.2, 0.25) is 0 Å². The SMILES string of the molecule is CCC(CC)C(=O)N1CCC(NC(=O)Nc2cccc(Oc3cnccn3)c2)CC1. The highest BCUT2D eigenvalue weighted by molar-refractivity contribution is 5.89. The van der Waals surface area contributed by atoms with Gasteiger partial charge in [0, 0.05) is 49.2 Å². The highest BCUT2D eigenvalue weighted by Crippen LogP contribution is 2.22. The van der Waals surface area contributed by atoms with Crippen LogP contribution >= 0.6 is 0 Å². The predicted octanol–water partition coefficient (Wildman–Crippen LogP) is 3.82. The quantitative estimate of drug-likeness (QED) is 0.722. The van der Waals surface area contributed by atoms with E-state index in [2.05, 4.69) is 34.4 Å². The molecule has 0 saturated carbocycles. The number of likely N-dealkylation sites (tertiary alicyclic amines) is 1. The van der Waals surface area contributed by atoms with Gasteiger partial charge in [0.15, 0.2) is 0 Å². The summed E-state index contributed by atoms with van der Waals surface area (Å²) in [5.41, 5.74) is 0.621. The van der Waals surface area contributed by atoms with E-state index in [1.165, 1.54) is 6.20 Å². The van der Waals surface area contributed by atoms with Crippen LogP contribution in [0, 0.1) is 5.92 Å². The van der Waals surface area contributed by atoms with Gasteiger partial charge in [0.05, 0.1) is 6.20 Å². The van der Waals surface area contributed by atoms with Crippen molar-refractivity contribution in [3.8, 4) is 11.6 Å². The average Bonchev–Trinajstić information content (AvgIpc) is 2.76. The Balaban J connectivity index is 1.47. The lowest BCUT2D eigenvalue weighted by atomic mass is 9.98. The highest BCUT2D eigenvalue weighted by Gasteiger charge is 2.27. The van der Waals surface area contributed by atoms with E-state index in [0.29, 0.717) is 30.4 Å². The molecule has 1 aliphatic heterocycles. The second kappa shape index (κ2) is 10.6. The van der Waals surface area contributed by atoms with Crippen molar-refractivity contribution in [2.24, 2.45) is 5.92 Å². The summed E-state index contributed by atoms with van der Waals surface area (Å²) in [4.78, 5) is 34.9. The first-order chi connectivity index (χ1) is 14.6. The molecule has 3 amide bonds. The van der Waals surface area contributed by atoms with Crippen molar-refractivity contribution < 1.29 is 14.3 Å². The number of carbonyl (C=O) groups is 2. The van der Waals surface area contributed by atoms with Crippen LogP contribution in [0.1, 0.15) is 39.5 Å².